The van der Waals surface area contributed by atoms with Crippen LogP contribution in [0.3, 0.4) is 0 Å². The van der Waals surface area contributed by atoms with Gasteiger partial charge in [0, 0.05) is 10.5 Å². The van der Waals surface area contributed by atoms with Crippen LogP contribution in [0, 0.1) is 0 Å². The molecule has 0 N–H and O–H groups in total. The van der Waals surface area contributed by atoms with Crippen molar-refractivity contribution in [3.05, 3.63) is 34.3 Å². The van der Waals surface area contributed by atoms with Gasteiger partial charge >= 0.3 is 0 Å². The van der Waals surface area contributed by atoms with Crippen LogP contribution < -0.4 is 0 Å². The molecule has 1 aromatic carbocycles. The first kappa shape index (κ1) is 11.2. The minimum atomic E-state index is 0.665. The van der Waals surface area contributed by atoms with Gasteiger partial charge in [0.15, 0.2) is 0 Å². The van der Waals surface area contributed by atoms with Crippen LogP contribution in [0.4, 0.5) is 0 Å². The van der Waals surface area contributed by atoms with Crippen LogP contribution in [-0.2, 0) is 0 Å². The maximum atomic E-state index is 3.49. The van der Waals surface area contributed by atoms with Crippen molar-refractivity contribution in [3.63, 3.8) is 0 Å². The van der Waals surface area contributed by atoms with E-state index in [0.29, 0.717) is 6.04 Å². The molecule has 1 aliphatic heterocycles. The number of benzene rings is 1. The SMILES string of the molecule is CCCN1CCCC1c1ccc(Br)cc1. The van der Waals surface area contributed by atoms with Crippen molar-refractivity contribution < 1.29 is 0 Å². The molecule has 1 heterocycles. The molecule has 0 saturated carbocycles. The third-order valence-electron chi connectivity index (χ3n) is 3.13. The molecule has 2 heteroatoms. The van der Waals surface area contributed by atoms with E-state index in [4.69, 9.17) is 0 Å². The van der Waals surface area contributed by atoms with Crippen molar-refractivity contribution in [3.8, 4) is 0 Å². The Bertz CT molecular complexity index is 307. The summed E-state index contributed by atoms with van der Waals surface area (Å²) in [5.41, 5.74) is 1.48. The molecule has 1 unspecified atom stereocenters. The smallest absolute Gasteiger partial charge is 0.0348 e. The van der Waals surface area contributed by atoms with Gasteiger partial charge in [-0.2, -0.15) is 0 Å². The molecule has 0 aliphatic carbocycles. The zero-order chi connectivity index (χ0) is 10.7. The number of halogens is 1. The van der Waals surface area contributed by atoms with E-state index in [2.05, 4.69) is 52.0 Å². The summed E-state index contributed by atoms with van der Waals surface area (Å²) in [5.74, 6) is 0. The molecule has 0 bridgehead atoms. The summed E-state index contributed by atoms with van der Waals surface area (Å²) >= 11 is 3.49. The molecule has 1 aromatic rings. The van der Waals surface area contributed by atoms with Crippen molar-refractivity contribution in [1.82, 2.24) is 4.90 Å². The Labute approximate surface area is 101 Å². The molecule has 82 valence electrons. The van der Waals surface area contributed by atoms with Gasteiger partial charge in [-0.15, -0.1) is 0 Å². The highest BCUT2D eigenvalue weighted by Crippen LogP contribution is 2.32. The molecule has 1 aliphatic rings. The Morgan fingerprint density at radius 2 is 2.07 bits per heavy atom. The summed E-state index contributed by atoms with van der Waals surface area (Å²) in [7, 11) is 0. The molecule has 2 rings (SSSR count). The molecule has 15 heavy (non-hydrogen) atoms. The van der Waals surface area contributed by atoms with Gasteiger partial charge in [-0.05, 0) is 50.0 Å². The maximum Gasteiger partial charge on any atom is 0.0348 e. The number of nitrogens with zero attached hydrogens (tertiary/aromatic N) is 1. The van der Waals surface area contributed by atoms with E-state index in [0.717, 1.165) is 0 Å². The zero-order valence-corrected chi connectivity index (χ0v) is 10.8. The highest BCUT2D eigenvalue weighted by molar-refractivity contribution is 9.10. The van der Waals surface area contributed by atoms with E-state index in [1.165, 1.54) is 42.4 Å². The van der Waals surface area contributed by atoms with Crippen molar-refractivity contribution >= 4 is 15.9 Å². The monoisotopic (exact) mass is 267 g/mol. The average molecular weight is 268 g/mol. The minimum absolute atomic E-state index is 0.665. The third-order valence-corrected chi connectivity index (χ3v) is 3.66. The van der Waals surface area contributed by atoms with Crippen molar-refractivity contribution in [2.75, 3.05) is 13.1 Å². The van der Waals surface area contributed by atoms with Crippen LogP contribution in [0.5, 0.6) is 0 Å². The molecular weight excluding hydrogens is 250 g/mol. The molecule has 1 nitrogen and oxygen atoms in total. The summed E-state index contributed by atoms with van der Waals surface area (Å²) in [5, 5.41) is 0. The van der Waals surface area contributed by atoms with E-state index in [1.54, 1.807) is 0 Å². The number of rotatable bonds is 3. The number of hydrogen-bond acceptors (Lipinski definition) is 1. The van der Waals surface area contributed by atoms with Gasteiger partial charge in [0.05, 0.1) is 0 Å². The lowest BCUT2D eigenvalue weighted by Gasteiger charge is -2.24. The highest BCUT2D eigenvalue weighted by Gasteiger charge is 2.24. The number of likely N-dealkylation sites (tertiary alicyclic amines) is 1. The molecule has 1 saturated heterocycles. The van der Waals surface area contributed by atoms with Gasteiger partial charge in [-0.1, -0.05) is 35.0 Å². The van der Waals surface area contributed by atoms with Crippen LogP contribution in [0.2, 0.25) is 0 Å². The summed E-state index contributed by atoms with van der Waals surface area (Å²) in [6.07, 6.45) is 3.93. The Morgan fingerprint density at radius 3 is 2.73 bits per heavy atom. The lowest BCUT2D eigenvalue weighted by Crippen LogP contribution is -2.23. The highest BCUT2D eigenvalue weighted by atomic mass is 79.9. The van der Waals surface area contributed by atoms with Crippen molar-refractivity contribution in [2.24, 2.45) is 0 Å². The van der Waals surface area contributed by atoms with Gasteiger partial charge in [0.25, 0.3) is 0 Å². The fourth-order valence-corrected chi connectivity index (χ4v) is 2.71. The van der Waals surface area contributed by atoms with Crippen LogP contribution in [-0.4, -0.2) is 18.0 Å². The Morgan fingerprint density at radius 1 is 1.33 bits per heavy atom. The second-order valence-electron chi connectivity index (χ2n) is 4.25. The van der Waals surface area contributed by atoms with Crippen LogP contribution >= 0.6 is 15.9 Å². The van der Waals surface area contributed by atoms with E-state index in [-0.39, 0.29) is 0 Å². The predicted octanol–water partition coefficient (Wildman–Crippen LogP) is 4.00. The lowest BCUT2D eigenvalue weighted by molar-refractivity contribution is 0.258. The predicted molar refractivity (Wildman–Crippen MR) is 68.0 cm³/mol. The van der Waals surface area contributed by atoms with Gasteiger partial charge in [0.2, 0.25) is 0 Å². The van der Waals surface area contributed by atoms with E-state index in [1.807, 2.05) is 0 Å². The van der Waals surface area contributed by atoms with E-state index in [9.17, 15) is 0 Å². The van der Waals surface area contributed by atoms with Gasteiger partial charge in [0.1, 0.15) is 0 Å². The first-order valence-electron chi connectivity index (χ1n) is 5.81. The normalized spacial score (nSPS) is 22.1. The maximum absolute atomic E-state index is 3.49. The summed E-state index contributed by atoms with van der Waals surface area (Å²) in [6, 6.07) is 9.47. The molecule has 0 amide bonds. The van der Waals surface area contributed by atoms with Gasteiger partial charge < -0.3 is 0 Å². The van der Waals surface area contributed by atoms with Crippen LogP contribution in [0.25, 0.3) is 0 Å². The molecule has 0 radical (unpaired) electrons. The first-order chi connectivity index (χ1) is 7.31. The van der Waals surface area contributed by atoms with E-state index >= 15 is 0 Å². The molecule has 0 spiro atoms. The van der Waals surface area contributed by atoms with Crippen molar-refractivity contribution in [2.45, 2.75) is 32.2 Å². The Balaban J connectivity index is 2.11. The van der Waals surface area contributed by atoms with Crippen LogP contribution in [0.1, 0.15) is 37.8 Å². The summed E-state index contributed by atoms with van der Waals surface area (Å²) in [6.45, 7) is 4.77. The quantitative estimate of drug-likeness (QED) is 0.801. The molecular formula is C13H18BrN. The Kier molecular flexibility index (Phi) is 3.81. The number of hydrogen-bond donors (Lipinski definition) is 0. The van der Waals surface area contributed by atoms with Gasteiger partial charge in [-0.25, -0.2) is 0 Å². The van der Waals surface area contributed by atoms with Crippen molar-refractivity contribution in [1.29, 1.82) is 0 Å². The molecule has 0 aromatic heterocycles. The minimum Gasteiger partial charge on any atom is -0.296 e. The lowest BCUT2D eigenvalue weighted by atomic mass is 10.0. The zero-order valence-electron chi connectivity index (χ0n) is 9.25. The molecule has 1 atom stereocenters. The largest absolute Gasteiger partial charge is 0.296 e. The van der Waals surface area contributed by atoms with Gasteiger partial charge in [-0.3, -0.25) is 4.90 Å². The average Bonchev–Trinajstić information content (AvgIpc) is 2.68. The third kappa shape index (κ3) is 2.61. The molecule has 1 fully saturated rings. The summed E-state index contributed by atoms with van der Waals surface area (Å²) in [4.78, 5) is 2.61. The van der Waals surface area contributed by atoms with Crippen LogP contribution in [0.15, 0.2) is 28.7 Å². The topological polar surface area (TPSA) is 3.24 Å². The summed E-state index contributed by atoms with van der Waals surface area (Å²) < 4.78 is 1.17. The Hall–Kier alpha value is -0.340. The second kappa shape index (κ2) is 5.13. The van der Waals surface area contributed by atoms with E-state index < -0.39 is 0 Å². The standard InChI is InChI=1S/C13H18BrN/c1-2-9-15-10-3-4-13(15)11-5-7-12(14)8-6-11/h5-8,13H,2-4,9-10H2,1H3. The second-order valence-corrected chi connectivity index (χ2v) is 5.16. The fraction of sp³-hybridized carbons (Fsp3) is 0.538. The fourth-order valence-electron chi connectivity index (χ4n) is 2.44. The first-order valence-corrected chi connectivity index (χ1v) is 6.60.